The van der Waals surface area contributed by atoms with Crippen LogP contribution in [-0.2, 0) is 17.5 Å². The Hall–Kier alpha value is -2.48. The highest BCUT2D eigenvalue weighted by atomic mass is 19.4. The van der Waals surface area contributed by atoms with Gasteiger partial charge in [0.1, 0.15) is 0 Å². The average Bonchev–Trinajstić information content (AvgIpc) is 3.29. The minimum Gasteiger partial charge on any atom is -0.349 e. The number of pyridine rings is 2. The Balaban J connectivity index is 1.41. The first-order valence-corrected chi connectivity index (χ1v) is 8.92. The van der Waals surface area contributed by atoms with E-state index in [4.69, 9.17) is 0 Å². The molecule has 1 aliphatic heterocycles. The van der Waals surface area contributed by atoms with Crippen LogP contribution in [0.5, 0.6) is 0 Å². The summed E-state index contributed by atoms with van der Waals surface area (Å²) in [4.78, 5) is 20.5. The van der Waals surface area contributed by atoms with Crippen molar-refractivity contribution in [2.45, 2.75) is 44.1 Å². The second-order valence-corrected chi connectivity index (χ2v) is 7.10. The van der Waals surface area contributed by atoms with Crippen LogP contribution in [0.25, 0.3) is 11.3 Å². The van der Waals surface area contributed by atoms with E-state index in [9.17, 15) is 18.0 Å². The molecule has 3 unspecified atom stereocenters. The molecule has 0 radical (unpaired) electrons. The van der Waals surface area contributed by atoms with Crippen molar-refractivity contribution >= 4 is 5.91 Å². The van der Waals surface area contributed by atoms with Crippen molar-refractivity contribution in [2.24, 2.45) is 5.92 Å². The van der Waals surface area contributed by atoms with Crippen LogP contribution < -0.4 is 10.6 Å². The molecule has 2 aliphatic rings. The zero-order valence-corrected chi connectivity index (χ0v) is 14.5. The molecule has 1 saturated carbocycles. The normalized spacial score (nSPS) is 24.2. The van der Waals surface area contributed by atoms with Crippen molar-refractivity contribution in [3.63, 3.8) is 0 Å². The SMILES string of the molecule is O=C(NCc1cc(-c2ccc(C(F)(F)F)cn2)ccn1)C1NC2CCC1C2. The lowest BCUT2D eigenvalue weighted by molar-refractivity contribution is -0.137. The largest absolute Gasteiger partial charge is 0.417 e. The Labute approximate surface area is 154 Å². The van der Waals surface area contributed by atoms with Crippen molar-refractivity contribution in [1.29, 1.82) is 0 Å². The smallest absolute Gasteiger partial charge is 0.349 e. The summed E-state index contributed by atoms with van der Waals surface area (Å²) in [5.74, 6) is 0.382. The Kier molecular flexibility index (Phi) is 4.59. The Morgan fingerprint density at radius 1 is 1.22 bits per heavy atom. The Morgan fingerprint density at radius 3 is 2.70 bits per heavy atom. The van der Waals surface area contributed by atoms with Gasteiger partial charge in [0.05, 0.1) is 29.5 Å². The van der Waals surface area contributed by atoms with E-state index in [2.05, 4.69) is 20.6 Å². The highest BCUT2D eigenvalue weighted by molar-refractivity contribution is 5.82. The number of nitrogens with zero attached hydrogens (tertiary/aromatic N) is 2. The molecule has 1 amide bonds. The molecule has 2 N–H and O–H groups in total. The van der Waals surface area contributed by atoms with Gasteiger partial charge in [0.25, 0.3) is 0 Å². The molecule has 1 saturated heterocycles. The highest BCUT2D eigenvalue weighted by Gasteiger charge is 2.42. The molecule has 2 aromatic rings. The van der Waals surface area contributed by atoms with Crippen LogP contribution in [-0.4, -0.2) is 28.0 Å². The summed E-state index contributed by atoms with van der Waals surface area (Å²) in [7, 11) is 0. The number of amides is 1. The van der Waals surface area contributed by atoms with Crippen molar-refractivity contribution in [3.8, 4) is 11.3 Å². The summed E-state index contributed by atoms with van der Waals surface area (Å²) >= 11 is 0. The van der Waals surface area contributed by atoms with Crippen LogP contribution in [0.3, 0.4) is 0 Å². The predicted molar refractivity (Wildman–Crippen MR) is 92.4 cm³/mol. The second kappa shape index (κ2) is 6.92. The van der Waals surface area contributed by atoms with Crippen LogP contribution >= 0.6 is 0 Å². The average molecular weight is 376 g/mol. The molecule has 3 atom stereocenters. The molecule has 0 aromatic carbocycles. The van der Waals surface area contributed by atoms with Crippen LogP contribution in [0.1, 0.15) is 30.5 Å². The van der Waals surface area contributed by atoms with Crippen LogP contribution in [0.2, 0.25) is 0 Å². The number of rotatable bonds is 4. The van der Waals surface area contributed by atoms with Gasteiger partial charge in [0.15, 0.2) is 0 Å². The fraction of sp³-hybridized carbons (Fsp3) is 0.421. The third kappa shape index (κ3) is 3.80. The van der Waals surface area contributed by atoms with Gasteiger partial charge in [-0.3, -0.25) is 14.8 Å². The van der Waals surface area contributed by atoms with Gasteiger partial charge in [0, 0.05) is 24.0 Å². The maximum absolute atomic E-state index is 12.7. The molecular weight excluding hydrogens is 357 g/mol. The molecule has 4 rings (SSSR count). The first-order valence-electron chi connectivity index (χ1n) is 8.92. The summed E-state index contributed by atoms with van der Waals surface area (Å²) in [6.07, 6.45) is 1.25. The van der Waals surface area contributed by atoms with Crippen LogP contribution in [0, 0.1) is 5.92 Å². The van der Waals surface area contributed by atoms with Crippen LogP contribution in [0.15, 0.2) is 36.7 Å². The van der Waals surface area contributed by atoms with E-state index in [0.29, 0.717) is 28.9 Å². The summed E-state index contributed by atoms with van der Waals surface area (Å²) < 4.78 is 38.0. The molecule has 2 fully saturated rings. The van der Waals surface area contributed by atoms with E-state index >= 15 is 0 Å². The second-order valence-electron chi connectivity index (χ2n) is 7.10. The first kappa shape index (κ1) is 17.9. The fourth-order valence-corrected chi connectivity index (χ4v) is 3.90. The molecule has 2 aromatic heterocycles. The number of hydrogen-bond acceptors (Lipinski definition) is 4. The summed E-state index contributed by atoms with van der Waals surface area (Å²) in [5, 5.41) is 6.25. The lowest BCUT2D eigenvalue weighted by Gasteiger charge is -2.22. The fourth-order valence-electron chi connectivity index (χ4n) is 3.90. The minimum absolute atomic E-state index is 0.0259. The van der Waals surface area contributed by atoms with Gasteiger partial charge in [-0.2, -0.15) is 13.2 Å². The van der Waals surface area contributed by atoms with Gasteiger partial charge < -0.3 is 10.6 Å². The molecule has 0 spiro atoms. The lowest BCUT2D eigenvalue weighted by Crippen LogP contribution is -2.47. The number of nitrogens with one attached hydrogen (secondary N) is 2. The Bertz CT molecular complexity index is 838. The van der Waals surface area contributed by atoms with E-state index in [1.165, 1.54) is 6.07 Å². The van der Waals surface area contributed by atoms with E-state index in [-0.39, 0.29) is 18.5 Å². The van der Waals surface area contributed by atoms with Crippen molar-refractivity contribution in [3.05, 3.63) is 47.9 Å². The molecule has 5 nitrogen and oxygen atoms in total. The van der Waals surface area contributed by atoms with E-state index in [0.717, 1.165) is 31.5 Å². The van der Waals surface area contributed by atoms with Gasteiger partial charge in [-0.25, -0.2) is 0 Å². The number of fused-ring (bicyclic) bond motifs is 2. The first-order chi connectivity index (χ1) is 12.9. The van der Waals surface area contributed by atoms with E-state index in [1.54, 1.807) is 18.3 Å². The number of piperidine rings is 1. The number of alkyl halides is 3. The molecule has 3 heterocycles. The third-order valence-corrected chi connectivity index (χ3v) is 5.29. The standard InChI is InChI=1S/C19H19F3N4O/c20-19(21,22)13-2-4-16(24-9-13)11-5-6-23-15(7-11)10-25-18(27)17-12-1-3-14(8-12)26-17/h2,4-7,9,12,14,17,26H,1,3,8,10H2,(H,25,27). The number of halogens is 3. The quantitative estimate of drug-likeness (QED) is 0.861. The third-order valence-electron chi connectivity index (χ3n) is 5.29. The number of aromatic nitrogens is 2. The highest BCUT2D eigenvalue weighted by Crippen LogP contribution is 2.35. The van der Waals surface area contributed by atoms with Gasteiger partial charge in [-0.15, -0.1) is 0 Å². The maximum atomic E-state index is 12.7. The topological polar surface area (TPSA) is 66.9 Å². The van der Waals surface area contributed by atoms with Crippen LogP contribution in [0.4, 0.5) is 13.2 Å². The number of hydrogen-bond donors (Lipinski definition) is 2. The van der Waals surface area contributed by atoms with E-state index < -0.39 is 11.7 Å². The van der Waals surface area contributed by atoms with Crippen molar-refractivity contribution < 1.29 is 18.0 Å². The molecule has 1 aliphatic carbocycles. The summed E-state index contributed by atoms with van der Waals surface area (Å²) in [6.45, 7) is 0.267. The maximum Gasteiger partial charge on any atom is 0.417 e. The van der Waals surface area contributed by atoms with Gasteiger partial charge in [0.2, 0.25) is 5.91 Å². The van der Waals surface area contributed by atoms with Crippen molar-refractivity contribution in [1.82, 2.24) is 20.6 Å². The zero-order chi connectivity index (χ0) is 19.0. The van der Waals surface area contributed by atoms with Gasteiger partial charge >= 0.3 is 6.18 Å². The Morgan fingerprint density at radius 2 is 2.07 bits per heavy atom. The molecule has 8 heteroatoms. The van der Waals surface area contributed by atoms with E-state index in [1.807, 2.05) is 0 Å². The minimum atomic E-state index is -4.41. The predicted octanol–water partition coefficient (Wildman–Crippen LogP) is 2.92. The van der Waals surface area contributed by atoms with Crippen molar-refractivity contribution in [2.75, 3.05) is 0 Å². The molecular formula is C19H19F3N4O. The number of carbonyl (C=O) groups excluding carboxylic acids is 1. The monoisotopic (exact) mass is 376 g/mol. The van der Waals surface area contributed by atoms with Gasteiger partial charge in [-0.05, 0) is 49.4 Å². The van der Waals surface area contributed by atoms with Gasteiger partial charge in [-0.1, -0.05) is 0 Å². The summed E-state index contributed by atoms with van der Waals surface area (Å²) in [6, 6.07) is 6.06. The lowest BCUT2D eigenvalue weighted by atomic mass is 9.99. The molecule has 2 bridgehead atoms. The molecule has 27 heavy (non-hydrogen) atoms. The summed E-state index contributed by atoms with van der Waals surface area (Å²) in [5.41, 5.74) is 0.922. The zero-order valence-electron chi connectivity index (χ0n) is 14.5. The number of carbonyl (C=O) groups is 1. The molecule has 142 valence electrons.